The molecule has 0 saturated carbocycles. The molecule has 0 spiro atoms. The summed E-state index contributed by atoms with van der Waals surface area (Å²) in [7, 11) is 0. The van der Waals surface area contributed by atoms with Gasteiger partial charge in [0.25, 0.3) is 0 Å². The van der Waals surface area contributed by atoms with Gasteiger partial charge in [0, 0.05) is 6.54 Å². The predicted octanol–water partition coefficient (Wildman–Crippen LogP) is 4.62. The Bertz CT molecular complexity index is 355. The number of hydrogen-bond acceptors (Lipinski definition) is 1. The number of alkyl halides is 3. The summed E-state index contributed by atoms with van der Waals surface area (Å²) in [5.41, 5.74) is 0.296. The van der Waals surface area contributed by atoms with Crippen LogP contribution in [-0.4, -0.2) is 6.54 Å². The zero-order valence-electron chi connectivity index (χ0n) is 11.6. The van der Waals surface area contributed by atoms with E-state index in [4.69, 9.17) is 0 Å². The van der Waals surface area contributed by atoms with E-state index in [0.717, 1.165) is 36.6 Å². The van der Waals surface area contributed by atoms with E-state index in [9.17, 15) is 13.2 Å². The molecule has 0 unspecified atom stereocenters. The Morgan fingerprint density at radius 2 is 1.68 bits per heavy atom. The Balaban J connectivity index is 2.23. The highest BCUT2D eigenvalue weighted by molar-refractivity contribution is 5.24. The Morgan fingerprint density at radius 3 is 2.21 bits per heavy atom. The van der Waals surface area contributed by atoms with Gasteiger partial charge in [-0.15, -0.1) is 0 Å². The van der Waals surface area contributed by atoms with Crippen molar-refractivity contribution in [2.45, 2.75) is 45.8 Å². The molecule has 0 fully saturated rings. The molecule has 0 radical (unpaired) electrons. The second-order valence-electron chi connectivity index (χ2n) is 5.26. The van der Waals surface area contributed by atoms with Crippen molar-refractivity contribution in [3.8, 4) is 0 Å². The van der Waals surface area contributed by atoms with Crippen LogP contribution >= 0.6 is 0 Å². The van der Waals surface area contributed by atoms with Crippen molar-refractivity contribution in [2.75, 3.05) is 6.54 Å². The summed E-state index contributed by atoms with van der Waals surface area (Å²) in [5, 5.41) is 3.25. The van der Waals surface area contributed by atoms with Crippen molar-refractivity contribution in [1.29, 1.82) is 0 Å². The summed E-state index contributed by atoms with van der Waals surface area (Å²) in [6.07, 6.45) is -0.721. The van der Waals surface area contributed by atoms with Crippen molar-refractivity contribution < 1.29 is 13.2 Å². The van der Waals surface area contributed by atoms with Crippen molar-refractivity contribution >= 4 is 0 Å². The monoisotopic (exact) mass is 273 g/mol. The van der Waals surface area contributed by atoms with Gasteiger partial charge in [0.1, 0.15) is 0 Å². The molecular formula is C15H22F3N. The zero-order valence-corrected chi connectivity index (χ0v) is 11.6. The van der Waals surface area contributed by atoms with Gasteiger partial charge in [-0.05, 0) is 36.6 Å². The summed E-state index contributed by atoms with van der Waals surface area (Å²) in [5.74, 6) is 0.731. The maximum absolute atomic E-state index is 12.4. The summed E-state index contributed by atoms with van der Waals surface area (Å²) >= 11 is 0. The standard InChI is InChI=1S/C15H22F3N/c1-12(2)5-3-4-10-19-11-13-6-8-14(9-7-13)15(16,17)18/h6-9,12,19H,3-5,10-11H2,1-2H3. The topological polar surface area (TPSA) is 12.0 Å². The number of benzene rings is 1. The Hall–Kier alpha value is -1.03. The Labute approximate surface area is 113 Å². The molecule has 4 heteroatoms. The number of unbranched alkanes of at least 4 members (excludes halogenated alkanes) is 1. The van der Waals surface area contributed by atoms with Crippen molar-refractivity contribution in [1.82, 2.24) is 5.32 Å². The number of rotatable bonds is 7. The lowest BCUT2D eigenvalue weighted by Gasteiger charge is -2.09. The molecule has 0 amide bonds. The van der Waals surface area contributed by atoms with E-state index >= 15 is 0 Å². The van der Waals surface area contributed by atoms with E-state index in [1.165, 1.54) is 25.0 Å². The predicted molar refractivity (Wildman–Crippen MR) is 71.8 cm³/mol. The average molecular weight is 273 g/mol. The fraction of sp³-hybridized carbons (Fsp3) is 0.600. The lowest BCUT2D eigenvalue weighted by molar-refractivity contribution is -0.137. The first kappa shape index (κ1) is 16.0. The van der Waals surface area contributed by atoms with Gasteiger partial charge < -0.3 is 5.32 Å². The molecule has 1 rings (SSSR count). The van der Waals surface area contributed by atoms with E-state index in [-0.39, 0.29) is 0 Å². The van der Waals surface area contributed by atoms with Crippen LogP contribution in [0, 0.1) is 5.92 Å². The largest absolute Gasteiger partial charge is 0.416 e. The fourth-order valence-corrected chi connectivity index (χ4v) is 1.85. The van der Waals surface area contributed by atoms with Gasteiger partial charge in [0.05, 0.1) is 5.56 Å². The molecule has 0 bridgehead atoms. The second-order valence-corrected chi connectivity index (χ2v) is 5.26. The molecule has 0 saturated heterocycles. The summed E-state index contributed by atoms with van der Waals surface area (Å²) < 4.78 is 37.1. The van der Waals surface area contributed by atoms with Gasteiger partial charge >= 0.3 is 6.18 Å². The van der Waals surface area contributed by atoms with Crippen LogP contribution in [0.4, 0.5) is 13.2 Å². The lowest BCUT2D eigenvalue weighted by Crippen LogP contribution is -2.15. The highest BCUT2D eigenvalue weighted by atomic mass is 19.4. The third kappa shape index (κ3) is 6.62. The zero-order chi connectivity index (χ0) is 14.3. The number of halogens is 3. The minimum atomic E-state index is -4.25. The lowest BCUT2D eigenvalue weighted by atomic mass is 10.1. The van der Waals surface area contributed by atoms with Crippen LogP contribution in [-0.2, 0) is 12.7 Å². The van der Waals surface area contributed by atoms with E-state index in [1.807, 2.05) is 0 Å². The second kappa shape index (κ2) is 7.53. The fourth-order valence-electron chi connectivity index (χ4n) is 1.85. The van der Waals surface area contributed by atoms with E-state index < -0.39 is 11.7 Å². The van der Waals surface area contributed by atoms with Crippen LogP contribution in [0.25, 0.3) is 0 Å². The van der Waals surface area contributed by atoms with Crippen molar-refractivity contribution in [3.63, 3.8) is 0 Å². The van der Waals surface area contributed by atoms with Crippen LogP contribution in [0.1, 0.15) is 44.2 Å². The molecular weight excluding hydrogens is 251 g/mol. The first-order valence-electron chi connectivity index (χ1n) is 6.76. The van der Waals surface area contributed by atoms with E-state index in [0.29, 0.717) is 6.54 Å². The van der Waals surface area contributed by atoms with Gasteiger partial charge in [-0.3, -0.25) is 0 Å². The Kier molecular flexibility index (Phi) is 6.35. The van der Waals surface area contributed by atoms with Gasteiger partial charge in [0.15, 0.2) is 0 Å². The van der Waals surface area contributed by atoms with Crippen LogP contribution in [0.5, 0.6) is 0 Å². The quantitative estimate of drug-likeness (QED) is 0.715. The van der Waals surface area contributed by atoms with Crippen LogP contribution < -0.4 is 5.32 Å². The van der Waals surface area contributed by atoms with Crippen molar-refractivity contribution in [3.05, 3.63) is 35.4 Å². The highest BCUT2D eigenvalue weighted by Crippen LogP contribution is 2.28. The molecule has 1 nitrogen and oxygen atoms in total. The molecule has 0 atom stereocenters. The van der Waals surface area contributed by atoms with Crippen LogP contribution in [0.15, 0.2) is 24.3 Å². The summed E-state index contributed by atoms with van der Waals surface area (Å²) in [4.78, 5) is 0. The Morgan fingerprint density at radius 1 is 1.05 bits per heavy atom. The minimum absolute atomic E-state index is 0.590. The first-order valence-corrected chi connectivity index (χ1v) is 6.76. The number of nitrogens with one attached hydrogen (secondary N) is 1. The number of hydrogen-bond donors (Lipinski definition) is 1. The molecule has 1 aromatic rings. The van der Waals surface area contributed by atoms with Gasteiger partial charge in [0.2, 0.25) is 0 Å². The van der Waals surface area contributed by atoms with E-state index in [1.54, 1.807) is 0 Å². The van der Waals surface area contributed by atoms with Gasteiger partial charge in [-0.25, -0.2) is 0 Å². The summed E-state index contributed by atoms with van der Waals surface area (Å²) in [6.45, 7) is 5.94. The maximum atomic E-state index is 12.4. The first-order chi connectivity index (χ1) is 8.89. The molecule has 0 aromatic heterocycles. The normalized spacial score (nSPS) is 12.1. The minimum Gasteiger partial charge on any atom is -0.313 e. The third-order valence-corrected chi connectivity index (χ3v) is 3.00. The highest BCUT2D eigenvalue weighted by Gasteiger charge is 2.29. The molecule has 108 valence electrons. The maximum Gasteiger partial charge on any atom is 0.416 e. The smallest absolute Gasteiger partial charge is 0.313 e. The average Bonchev–Trinajstić information content (AvgIpc) is 2.32. The molecule has 0 aliphatic carbocycles. The van der Waals surface area contributed by atoms with Crippen LogP contribution in [0.3, 0.4) is 0 Å². The molecule has 19 heavy (non-hydrogen) atoms. The molecule has 0 aliphatic heterocycles. The SMILES string of the molecule is CC(C)CCCCNCc1ccc(C(F)(F)F)cc1. The van der Waals surface area contributed by atoms with Gasteiger partial charge in [-0.2, -0.15) is 13.2 Å². The van der Waals surface area contributed by atoms with Gasteiger partial charge in [-0.1, -0.05) is 38.8 Å². The molecule has 1 N–H and O–H groups in total. The van der Waals surface area contributed by atoms with Crippen LogP contribution in [0.2, 0.25) is 0 Å². The summed E-state index contributed by atoms with van der Waals surface area (Å²) in [6, 6.07) is 5.33. The van der Waals surface area contributed by atoms with E-state index in [2.05, 4.69) is 19.2 Å². The third-order valence-electron chi connectivity index (χ3n) is 3.00. The van der Waals surface area contributed by atoms with Crippen molar-refractivity contribution in [2.24, 2.45) is 5.92 Å². The molecule has 1 aromatic carbocycles. The molecule has 0 aliphatic rings. The molecule has 0 heterocycles.